The lowest BCUT2D eigenvalue weighted by atomic mass is 10.2. The van der Waals surface area contributed by atoms with Gasteiger partial charge in [-0.2, -0.15) is 13.2 Å². The first-order valence-corrected chi connectivity index (χ1v) is 7.36. The molecule has 0 fully saturated rings. The Bertz CT molecular complexity index is 814. The predicted molar refractivity (Wildman–Crippen MR) is 79.6 cm³/mol. The van der Waals surface area contributed by atoms with Crippen LogP contribution in [0.3, 0.4) is 0 Å². The van der Waals surface area contributed by atoms with Gasteiger partial charge < -0.3 is 9.84 Å². The number of nitrogens with one attached hydrogen (secondary N) is 1. The van der Waals surface area contributed by atoms with Crippen LogP contribution in [0, 0.1) is 5.82 Å². The number of thioether (sulfide) groups is 1. The van der Waals surface area contributed by atoms with Crippen molar-refractivity contribution in [1.82, 2.24) is 5.16 Å². The number of nitrogens with zero attached hydrogens (tertiary/aromatic N) is 1. The minimum Gasteiger partial charge on any atom is -0.363 e. The van der Waals surface area contributed by atoms with E-state index in [0.717, 1.165) is 5.56 Å². The number of aromatic nitrogens is 1. The molecule has 0 spiro atoms. The highest BCUT2D eigenvalue weighted by molar-refractivity contribution is 8.00. The smallest absolute Gasteiger partial charge is 0.363 e. The summed E-state index contributed by atoms with van der Waals surface area (Å²) in [4.78, 5) is 0.128. The van der Waals surface area contributed by atoms with Gasteiger partial charge in [0.25, 0.3) is 0 Å². The van der Waals surface area contributed by atoms with E-state index in [4.69, 9.17) is 4.52 Å². The van der Waals surface area contributed by atoms with Crippen LogP contribution in [0.4, 0.5) is 23.4 Å². The highest BCUT2D eigenvalue weighted by atomic mass is 32.2. The first-order chi connectivity index (χ1) is 10.9. The monoisotopic (exact) mass is 342 g/mol. The summed E-state index contributed by atoms with van der Waals surface area (Å²) in [5, 5.41) is 7.46. The Morgan fingerprint density at radius 1 is 1.09 bits per heavy atom. The molecule has 0 amide bonds. The van der Waals surface area contributed by atoms with Gasteiger partial charge in [-0.15, -0.1) is 0 Å². The van der Waals surface area contributed by atoms with Gasteiger partial charge in [0.1, 0.15) is 5.82 Å². The number of benzene rings is 2. The second kappa shape index (κ2) is 6.11. The van der Waals surface area contributed by atoms with Crippen molar-refractivity contribution in [3.8, 4) is 0 Å². The molecule has 0 saturated carbocycles. The summed E-state index contributed by atoms with van der Waals surface area (Å²) in [6.45, 7) is 0.357. The van der Waals surface area contributed by atoms with Gasteiger partial charge in [-0.3, -0.25) is 0 Å². The van der Waals surface area contributed by atoms with E-state index >= 15 is 0 Å². The molecule has 0 bridgehead atoms. The quantitative estimate of drug-likeness (QED) is 0.523. The molecule has 0 aliphatic heterocycles. The number of halogens is 4. The van der Waals surface area contributed by atoms with E-state index in [-0.39, 0.29) is 16.7 Å². The summed E-state index contributed by atoms with van der Waals surface area (Å²) in [7, 11) is 0. The summed E-state index contributed by atoms with van der Waals surface area (Å²) in [6.07, 6.45) is 0. The fourth-order valence-corrected chi connectivity index (χ4v) is 2.57. The van der Waals surface area contributed by atoms with Crippen molar-refractivity contribution in [3.63, 3.8) is 0 Å². The molecule has 1 aromatic heterocycles. The molecule has 0 radical (unpaired) electrons. The van der Waals surface area contributed by atoms with Gasteiger partial charge in [0.15, 0.2) is 11.4 Å². The molecule has 0 aliphatic carbocycles. The fraction of sp³-hybridized carbons (Fsp3) is 0.133. The Balaban J connectivity index is 1.68. The van der Waals surface area contributed by atoms with Crippen molar-refractivity contribution in [3.05, 3.63) is 53.8 Å². The van der Waals surface area contributed by atoms with E-state index in [1.165, 1.54) is 24.3 Å². The highest BCUT2D eigenvalue weighted by Crippen LogP contribution is 2.36. The first kappa shape index (κ1) is 15.7. The van der Waals surface area contributed by atoms with E-state index in [2.05, 4.69) is 10.5 Å². The molecule has 2 aromatic carbocycles. The minimum absolute atomic E-state index is 0.128. The van der Waals surface area contributed by atoms with Gasteiger partial charge >= 0.3 is 5.51 Å². The third-order valence-electron chi connectivity index (χ3n) is 3.05. The standard InChI is InChI=1S/C15H10F4N2OS/c16-10-3-6-12-13(7-10)22-21-14(12)20-8-9-1-4-11(5-2-9)23-15(17,18)19/h1-7H,8H2,(H,20,21). The SMILES string of the molecule is Fc1ccc2c(NCc3ccc(SC(F)(F)F)cc3)noc2c1. The van der Waals surface area contributed by atoms with Crippen molar-refractivity contribution < 1.29 is 22.1 Å². The third-order valence-corrected chi connectivity index (χ3v) is 3.79. The molecule has 23 heavy (non-hydrogen) atoms. The molecule has 1 N–H and O–H groups in total. The van der Waals surface area contributed by atoms with Gasteiger partial charge in [-0.1, -0.05) is 17.3 Å². The topological polar surface area (TPSA) is 38.1 Å². The molecule has 0 saturated heterocycles. The van der Waals surface area contributed by atoms with Crippen molar-refractivity contribution in [2.24, 2.45) is 0 Å². The van der Waals surface area contributed by atoms with Crippen molar-refractivity contribution in [2.75, 3.05) is 5.32 Å². The zero-order chi connectivity index (χ0) is 16.4. The summed E-state index contributed by atoms with van der Waals surface area (Å²) < 4.78 is 54.8. The van der Waals surface area contributed by atoms with Crippen LogP contribution >= 0.6 is 11.8 Å². The Hall–Kier alpha value is -2.22. The van der Waals surface area contributed by atoms with E-state index in [9.17, 15) is 17.6 Å². The lowest BCUT2D eigenvalue weighted by molar-refractivity contribution is -0.0328. The van der Waals surface area contributed by atoms with Crippen LogP contribution in [0.2, 0.25) is 0 Å². The van der Waals surface area contributed by atoms with E-state index < -0.39 is 11.3 Å². The molecule has 1 heterocycles. The number of hydrogen-bond acceptors (Lipinski definition) is 4. The zero-order valence-electron chi connectivity index (χ0n) is 11.5. The van der Waals surface area contributed by atoms with Crippen LogP contribution in [0.25, 0.3) is 11.0 Å². The fourth-order valence-electron chi connectivity index (χ4n) is 2.03. The predicted octanol–water partition coefficient (Wildman–Crippen LogP) is 5.19. The molecule has 0 aliphatic rings. The zero-order valence-corrected chi connectivity index (χ0v) is 12.3. The normalized spacial score (nSPS) is 11.8. The minimum atomic E-state index is -4.30. The van der Waals surface area contributed by atoms with Crippen LogP contribution in [0.1, 0.15) is 5.56 Å². The maximum Gasteiger partial charge on any atom is 0.446 e. The summed E-state index contributed by atoms with van der Waals surface area (Å²) in [5.74, 6) is 0.0340. The maximum atomic E-state index is 13.1. The largest absolute Gasteiger partial charge is 0.446 e. The molecule has 3 aromatic rings. The molecular weight excluding hydrogens is 332 g/mol. The Morgan fingerprint density at radius 2 is 1.83 bits per heavy atom. The van der Waals surface area contributed by atoms with E-state index in [0.29, 0.717) is 23.3 Å². The van der Waals surface area contributed by atoms with Crippen molar-refractivity contribution >= 4 is 28.5 Å². The number of rotatable bonds is 4. The van der Waals surface area contributed by atoms with Crippen LogP contribution < -0.4 is 5.32 Å². The summed E-state index contributed by atoms with van der Waals surface area (Å²) in [5.41, 5.74) is -3.19. The molecule has 8 heteroatoms. The number of fused-ring (bicyclic) bond motifs is 1. The molecule has 3 nitrogen and oxygen atoms in total. The molecular formula is C15H10F4N2OS. The molecule has 120 valence electrons. The average Bonchev–Trinajstić information content (AvgIpc) is 2.87. The number of anilines is 1. The first-order valence-electron chi connectivity index (χ1n) is 6.54. The Morgan fingerprint density at radius 3 is 2.52 bits per heavy atom. The highest BCUT2D eigenvalue weighted by Gasteiger charge is 2.28. The Kier molecular flexibility index (Phi) is 4.16. The van der Waals surface area contributed by atoms with E-state index in [1.807, 2.05) is 0 Å². The molecule has 3 rings (SSSR count). The maximum absolute atomic E-state index is 13.1. The van der Waals surface area contributed by atoms with Crippen molar-refractivity contribution in [2.45, 2.75) is 16.9 Å². The van der Waals surface area contributed by atoms with Gasteiger partial charge in [0.2, 0.25) is 0 Å². The summed E-state index contributed by atoms with van der Waals surface area (Å²) in [6, 6.07) is 10.1. The van der Waals surface area contributed by atoms with Crippen LogP contribution in [-0.2, 0) is 6.54 Å². The lowest BCUT2D eigenvalue weighted by Crippen LogP contribution is -2.01. The molecule has 0 unspecified atom stereocenters. The van der Waals surface area contributed by atoms with Crippen LogP contribution in [0.15, 0.2) is 51.9 Å². The third kappa shape index (κ3) is 3.95. The Labute approximate surface area is 132 Å². The van der Waals surface area contributed by atoms with Gasteiger partial charge in [-0.05, 0) is 41.6 Å². The second-order valence-corrected chi connectivity index (χ2v) is 5.86. The molecule has 0 atom stereocenters. The lowest BCUT2D eigenvalue weighted by Gasteiger charge is -2.07. The second-order valence-electron chi connectivity index (χ2n) is 4.72. The van der Waals surface area contributed by atoms with Crippen molar-refractivity contribution in [1.29, 1.82) is 0 Å². The number of hydrogen-bond donors (Lipinski definition) is 1. The number of alkyl halides is 3. The average molecular weight is 342 g/mol. The summed E-state index contributed by atoms with van der Waals surface area (Å²) >= 11 is -0.155. The van der Waals surface area contributed by atoms with Gasteiger partial charge in [0.05, 0.1) is 5.39 Å². The van der Waals surface area contributed by atoms with E-state index in [1.54, 1.807) is 18.2 Å². The van der Waals surface area contributed by atoms with Gasteiger partial charge in [-0.25, -0.2) is 4.39 Å². The van der Waals surface area contributed by atoms with Gasteiger partial charge in [0, 0.05) is 17.5 Å². The van der Waals surface area contributed by atoms with Crippen LogP contribution in [-0.4, -0.2) is 10.7 Å². The van der Waals surface area contributed by atoms with Crippen LogP contribution in [0.5, 0.6) is 0 Å².